The van der Waals surface area contributed by atoms with Crippen LogP contribution in [0.5, 0.6) is 0 Å². The van der Waals surface area contributed by atoms with Crippen LogP contribution in [0.1, 0.15) is 27.0 Å². The molecule has 0 fully saturated rings. The third kappa shape index (κ3) is 5.38. The van der Waals surface area contributed by atoms with Gasteiger partial charge in [-0.2, -0.15) is 0 Å². The van der Waals surface area contributed by atoms with Gasteiger partial charge in [-0.25, -0.2) is 0 Å². The normalized spacial score (nSPS) is 10.4. The van der Waals surface area contributed by atoms with Gasteiger partial charge >= 0.3 is 0 Å². The fourth-order valence-electron chi connectivity index (χ4n) is 2.73. The molecule has 5 heteroatoms. The van der Waals surface area contributed by atoms with Crippen molar-refractivity contribution in [2.24, 2.45) is 0 Å². The predicted octanol–water partition coefficient (Wildman–Crippen LogP) is 3.71. The quantitative estimate of drug-likeness (QED) is 0.698. The van der Waals surface area contributed by atoms with Crippen LogP contribution >= 0.6 is 0 Å². The molecule has 138 valence electrons. The molecule has 0 unspecified atom stereocenters. The molecule has 5 nitrogen and oxygen atoms in total. The monoisotopic (exact) mass is 360 g/mol. The van der Waals surface area contributed by atoms with Gasteiger partial charge in [0.05, 0.1) is 11.3 Å². The number of likely N-dealkylation sites (N-methyl/N-ethyl adjacent to an activating group) is 1. The molecule has 0 radical (unpaired) electrons. The summed E-state index contributed by atoms with van der Waals surface area (Å²) in [6.45, 7) is 3.41. The summed E-state index contributed by atoms with van der Waals surface area (Å²) in [6.07, 6.45) is 7.68. The highest BCUT2D eigenvalue weighted by Crippen LogP contribution is 2.13. The van der Waals surface area contributed by atoms with Crippen molar-refractivity contribution in [1.29, 1.82) is 0 Å². The number of rotatable bonds is 7. The largest absolute Gasteiger partial charge is 0.380 e. The van der Waals surface area contributed by atoms with Crippen molar-refractivity contribution in [3.8, 4) is 0 Å². The van der Waals surface area contributed by atoms with E-state index >= 15 is 0 Å². The third-order valence-electron chi connectivity index (χ3n) is 4.43. The van der Waals surface area contributed by atoms with E-state index < -0.39 is 0 Å². The standard InChI is InChI=1S/C22H24N4O/c1-17-3-5-19(6-4-17)14-25-21-13-20(15-24-16-21)22(27)26(2)12-9-18-7-10-23-11-8-18/h3-8,10-11,13,15-16,25H,9,12,14H2,1-2H3. The van der Waals surface area contributed by atoms with Crippen LogP contribution in [0.25, 0.3) is 0 Å². The molecule has 2 aromatic heterocycles. The fourth-order valence-corrected chi connectivity index (χ4v) is 2.73. The zero-order valence-electron chi connectivity index (χ0n) is 15.7. The first-order chi connectivity index (χ1) is 13.1. The van der Waals surface area contributed by atoms with Crippen LogP contribution < -0.4 is 5.32 Å². The second-order valence-electron chi connectivity index (χ2n) is 6.63. The lowest BCUT2D eigenvalue weighted by molar-refractivity contribution is 0.0796. The Morgan fingerprint density at radius 1 is 1.00 bits per heavy atom. The number of aromatic nitrogens is 2. The summed E-state index contributed by atoms with van der Waals surface area (Å²) in [5.41, 5.74) is 5.01. The van der Waals surface area contributed by atoms with Crippen LogP contribution in [0, 0.1) is 6.92 Å². The maximum absolute atomic E-state index is 12.7. The van der Waals surface area contributed by atoms with Crippen molar-refractivity contribution in [1.82, 2.24) is 14.9 Å². The number of aryl methyl sites for hydroxylation is 1. The summed E-state index contributed by atoms with van der Waals surface area (Å²) in [7, 11) is 1.82. The smallest absolute Gasteiger partial charge is 0.255 e. The van der Waals surface area contributed by atoms with Crippen molar-refractivity contribution in [2.45, 2.75) is 19.9 Å². The second kappa shape index (κ2) is 8.94. The lowest BCUT2D eigenvalue weighted by Crippen LogP contribution is -2.29. The molecule has 1 amide bonds. The lowest BCUT2D eigenvalue weighted by atomic mass is 10.1. The minimum Gasteiger partial charge on any atom is -0.380 e. The third-order valence-corrected chi connectivity index (χ3v) is 4.43. The summed E-state index contributed by atoms with van der Waals surface area (Å²) >= 11 is 0. The predicted molar refractivity (Wildman–Crippen MR) is 108 cm³/mol. The molecule has 2 heterocycles. The van der Waals surface area contributed by atoms with Gasteiger partial charge in [0, 0.05) is 44.9 Å². The Bertz CT molecular complexity index is 878. The van der Waals surface area contributed by atoms with Crippen LogP contribution in [0.3, 0.4) is 0 Å². The summed E-state index contributed by atoms with van der Waals surface area (Å²) in [5.74, 6) is -0.0319. The number of anilines is 1. The molecule has 0 aliphatic rings. The first-order valence-electron chi connectivity index (χ1n) is 9.00. The summed E-state index contributed by atoms with van der Waals surface area (Å²) in [6, 6.07) is 14.2. The number of hydrogen-bond donors (Lipinski definition) is 1. The molecular weight excluding hydrogens is 336 g/mol. The number of amides is 1. The molecular formula is C22H24N4O. The van der Waals surface area contributed by atoms with E-state index in [1.807, 2.05) is 25.2 Å². The fraction of sp³-hybridized carbons (Fsp3) is 0.227. The molecule has 1 aromatic carbocycles. The molecule has 0 atom stereocenters. The first kappa shape index (κ1) is 18.6. The Labute approximate surface area is 160 Å². The number of nitrogens with one attached hydrogen (secondary N) is 1. The van der Waals surface area contributed by atoms with Gasteiger partial charge in [-0.1, -0.05) is 29.8 Å². The van der Waals surface area contributed by atoms with E-state index in [0.29, 0.717) is 18.7 Å². The molecule has 3 aromatic rings. The van der Waals surface area contributed by atoms with E-state index in [0.717, 1.165) is 17.7 Å². The Morgan fingerprint density at radius 3 is 2.48 bits per heavy atom. The summed E-state index contributed by atoms with van der Waals surface area (Å²) < 4.78 is 0. The lowest BCUT2D eigenvalue weighted by Gasteiger charge is -2.17. The Kier molecular flexibility index (Phi) is 6.15. The molecule has 0 spiro atoms. The Morgan fingerprint density at radius 2 is 1.74 bits per heavy atom. The van der Waals surface area contributed by atoms with Gasteiger partial charge in [0.1, 0.15) is 0 Å². The molecule has 0 bridgehead atoms. The van der Waals surface area contributed by atoms with Gasteiger partial charge in [-0.15, -0.1) is 0 Å². The molecule has 0 saturated heterocycles. The van der Waals surface area contributed by atoms with Crippen LogP contribution in [0.15, 0.2) is 67.3 Å². The van der Waals surface area contributed by atoms with E-state index in [-0.39, 0.29) is 5.91 Å². The number of nitrogens with zero attached hydrogens (tertiary/aromatic N) is 3. The topological polar surface area (TPSA) is 58.1 Å². The van der Waals surface area contributed by atoms with Crippen LogP contribution in [-0.2, 0) is 13.0 Å². The van der Waals surface area contributed by atoms with E-state index in [2.05, 4.69) is 46.5 Å². The van der Waals surface area contributed by atoms with Gasteiger partial charge in [-0.05, 0) is 42.7 Å². The van der Waals surface area contributed by atoms with Gasteiger partial charge in [0.15, 0.2) is 0 Å². The number of pyridine rings is 2. The molecule has 27 heavy (non-hydrogen) atoms. The summed E-state index contributed by atoms with van der Waals surface area (Å²) in [5, 5.41) is 3.33. The molecule has 0 aliphatic carbocycles. The second-order valence-corrected chi connectivity index (χ2v) is 6.63. The highest BCUT2D eigenvalue weighted by atomic mass is 16.2. The number of benzene rings is 1. The maximum atomic E-state index is 12.7. The molecule has 3 rings (SSSR count). The van der Waals surface area contributed by atoms with Gasteiger partial charge < -0.3 is 10.2 Å². The highest BCUT2D eigenvalue weighted by Gasteiger charge is 2.12. The van der Waals surface area contributed by atoms with Crippen molar-refractivity contribution < 1.29 is 4.79 Å². The van der Waals surface area contributed by atoms with Crippen molar-refractivity contribution >= 4 is 11.6 Å². The van der Waals surface area contributed by atoms with Crippen molar-refractivity contribution in [2.75, 3.05) is 18.9 Å². The minimum atomic E-state index is -0.0319. The highest BCUT2D eigenvalue weighted by molar-refractivity contribution is 5.94. The van der Waals surface area contributed by atoms with Crippen molar-refractivity contribution in [3.63, 3.8) is 0 Å². The zero-order chi connectivity index (χ0) is 19.1. The maximum Gasteiger partial charge on any atom is 0.255 e. The number of hydrogen-bond acceptors (Lipinski definition) is 4. The average molecular weight is 360 g/mol. The number of carbonyl (C=O) groups excluding carboxylic acids is 1. The minimum absolute atomic E-state index is 0.0319. The Balaban J connectivity index is 1.58. The van der Waals surface area contributed by atoms with Gasteiger partial charge in [0.25, 0.3) is 5.91 Å². The molecule has 1 N–H and O–H groups in total. The SMILES string of the molecule is Cc1ccc(CNc2cncc(C(=O)N(C)CCc3ccncc3)c2)cc1. The molecule has 0 saturated carbocycles. The van der Waals surface area contributed by atoms with Gasteiger partial charge in [-0.3, -0.25) is 14.8 Å². The van der Waals surface area contributed by atoms with Gasteiger partial charge in [0.2, 0.25) is 0 Å². The van der Waals surface area contributed by atoms with Crippen LogP contribution in [0.2, 0.25) is 0 Å². The van der Waals surface area contributed by atoms with E-state index in [9.17, 15) is 4.79 Å². The average Bonchev–Trinajstić information content (AvgIpc) is 2.72. The van der Waals surface area contributed by atoms with Crippen LogP contribution in [0.4, 0.5) is 5.69 Å². The molecule has 0 aliphatic heterocycles. The van der Waals surface area contributed by atoms with E-state index in [4.69, 9.17) is 0 Å². The first-order valence-corrected chi connectivity index (χ1v) is 9.00. The zero-order valence-corrected chi connectivity index (χ0v) is 15.7. The van der Waals surface area contributed by atoms with E-state index in [1.165, 1.54) is 11.1 Å². The van der Waals surface area contributed by atoms with E-state index in [1.54, 1.807) is 29.7 Å². The van der Waals surface area contributed by atoms with Crippen LogP contribution in [-0.4, -0.2) is 34.4 Å². The number of carbonyl (C=O) groups is 1. The van der Waals surface area contributed by atoms with Crippen molar-refractivity contribution in [3.05, 3.63) is 89.5 Å². The summed E-state index contributed by atoms with van der Waals surface area (Å²) in [4.78, 5) is 22.6. The Hall–Kier alpha value is -3.21.